The maximum absolute atomic E-state index is 12.3. The van der Waals surface area contributed by atoms with Gasteiger partial charge in [0.25, 0.3) is 0 Å². The van der Waals surface area contributed by atoms with Crippen LogP contribution in [-0.2, 0) is 13.1 Å². The first-order valence-electron chi connectivity index (χ1n) is 6.19. The summed E-state index contributed by atoms with van der Waals surface area (Å²) in [5.41, 5.74) is 2.99. The Labute approximate surface area is 124 Å². The molecule has 0 saturated carbocycles. The fraction of sp³-hybridized carbons (Fsp3) is 0.357. The second kappa shape index (κ2) is 7.75. The summed E-state index contributed by atoms with van der Waals surface area (Å²) in [7, 11) is 1.65. The summed E-state index contributed by atoms with van der Waals surface area (Å²) >= 11 is 0. The average molecular weight is 300 g/mol. The third-order valence-electron chi connectivity index (χ3n) is 3.02. The molecule has 0 fully saturated rings. The Bertz CT molecular complexity index is 545. The highest BCUT2D eigenvalue weighted by Crippen LogP contribution is 2.17. The van der Waals surface area contributed by atoms with Crippen molar-refractivity contribution >= 4 is 18.1 Å². The average Bonchev–Trinajstić information content (AvgIpc) is 2.78. The number of halogens is 2. The van der Waals surface area contributed by atoms with Crippen LogP contribution in [0.15, 0.2) is 30.5 Å². The number of aryl methyl sites for hydroxylation is 1. The van der Waals surface area contributed by atoms with Crippen LogP contribution in [0.1, 0.15) is 11.3 Å². The van der Waals surface area contributed by atoms with E-state index >= 15 is 0 Å². The highest BCUT2D eigenvalue weighted by atomic mass is 35.5. The van der Waals surface area contributed by atoms with Crippen LogP contribution < -0.4 is 10.1 Å². The van der Waals surface area contributed by atoms with Crippen LogP contribution >= 0.6 is 12.4 Å². The molecule has 1 aromatic carbocycles. The van der Waals surface area contributed by atoms with Crippen LogP contribution in [0.2, 0.25) is 0 Å². The van der Waals surface area contributed by atoms with Crippen molar-refractivity contribution in [2.24, 2.45) is 0 Å². The van der Waals surface area contributed by atoms with Crippen molar-refractivity contribution in [1.82, 2.24) is 9.78 Å². The van der Waals surface area contributed by atoms with Crippen molar-refractivity contribution in [2.75, 3.05) is 19.1 Å². The van der Waals surface area contributed by atoms with E-state index in [1.54, 1.807) is 18.0 Å². The lowest BCUT2D eigenvalue weighted by atomic mass is 10.2. The highest BCUT2D eigenvalue weighted by molar-refractivity contribution is 5.85. The molecule has 0 aliphatic heterocycles. The quantitative estimate of drug-likeness (QED) is 0.890. The number of benzene rings is 1. The van der Waals surface area contributed by atoms with E-state index in [2.05, 4.69) is 10.4 Å². The maximum Gasteiger partial charge on any atom is 0.119 e. The number of nitrogens with zero attached hydrogens (tertiary/aromatic N) is 2. The molecule has 0 unspecified atom stereocenters. The van der Waals surface area contributed by atoms with E-state index in [0.29, 0.717) is 13.1 Å². The van der Waals surface area contributed by atoms with Gasteiger partial charge in [0, 0.05) is 6.54 Å². The fourth-order valence-electron chi connectivity index (χ4n) is 1.91. The van der Waals surface area contributed by atoms with Gasteiger partial charge in [0.2, 0.25) is 0 Å². The summed E-state index contributed by atoms with van der Waals surface area (Å²) in [5.74, 6) is 0.837. The monoisotopic (exact) mass is 299 g/mol. The number of rotatable bonds is 6. The summed E-state index contributed by atoms with van der Waals surface area (Å²) in [4.78, 5) is 0. The standard InChI is InChI=1S/C14H18FN3O.ClH/c1-11-14(10-17-18(11)7-6-15)16-9-12-4-3-5-13(8-12)19-2;/h3-5,8,10,16H,6-7,9H2,1-2H3;1H. The van der Waals surface area contributed by atoms with Gasteiger partial charge in [-0.3, -0.25) is 4.68 Å². The van der Waals surface area contributed by atoms with E-state index < -0.39 is 6.67 Å². The molecule has 0 radical (unpaired) electrons. The second-order valence-electron chi connectivity index (χ2n) is 4.26. The van der Waals surface area contributed by atoms with E-state index in [1.165, 1.54) is 0 Å². The molecule has 1 N–H and O–H groups in total. The molecule has 2 aromatic rings. The van der Waals surface area contributed by atoms with E-state index in [4.69, 9.17) is 4.74 Å². The molecule has 0 amide bonds. The van der Waals surface area contributed by atoms with Gasteiger partial charge in [-0.1, -0.05) is 12.1 Å². The zero-order chi connectivity index (χ0) is 13.7. The molecule has 1 heterocycles. The second-order valence-corrected chi connectivity index (χ2v) is 4.26. The number of aromatic nitrogens is 2. The number of hydrogen-bond acceptors (Lipinski definition) is 3. The SMILES string of the molecule is COc1cccc(CNc2cnn(CCF)c2C)c1.Cl. The number of ether oxygens (including phenoxy) is 1. The molecule has 0 bridgehead atoms. The normalized spacial score (nSPS) is 9.95. The molecule has 2 rings (SSSR count). The van der Waals surface area contributed by atoms with E-state index in [0.717, 1.165) is 22.7 Å². The van der Waals surface area contributed by atoms with Crippen LogP contribution in [0.5, 0.6) is 5.75 Å². The molecule has 4 nitrogen and oxygen atoms in total. The number of methoxy groups -OCH3 is 1. The van der Waals surface area contributed by atoms with Crippen molar-refractivity contribution in [1.29, 1.82) is 0 Å². The summed E-state index contributed by atoms with van der Waals surface area (Å²) in [6, 6.07) is 7.87. The third-order valence-corrected chi connectivity index (χ3v) is 3.02. The molecular weight excluding hydrogens is 281 g/mol. The van der Waals surface area contributed by atoms with Gasteiger partial charge in [0.15, 0.2) is 0 Å². The Kier molecular flexibility index (Phi) is 6.31. The molecule has 20 heavy (non-hydrogen) atoms. The molecule has 6 heteroatoms. The van der Waals surface area contributed by atoms with Gasteiger partial charge in [-0.25, -0.2) is 4.39 Å². The van der Waals surface area contributed by atoms with Crippen LogP contribution in [0.25, 0.3) is 0 Å². The summed E-state index contributed by atoms with van der Waals surface area (Å²) in [6.07, 6.45) is 1.73. The topological polar surface area (TPSA) is 39.1 Å². The van der Waals surface area contributed by atoms with Crippen LogP contribution in [0.4, 0.5) is 10.1 Å². The first-order valence-corrected chi connectivity index (χ1v) is 6.19. The van der Waals surface area contributed by atoms with Crippen molar-refractivity contribution < 1.29 is 9.13 Å². The first-order chi connectivity index (χ1) is 9.24. The minimum Gasteiger partial charge on any atom is -0.497 e. The van der Waals surface area contributed by atoms with Crippen LogP contribution in [0.3, 0.4) is 0 Å². The van der Waals surface area contributed by atoms with Gasteiger partial charge in [-0.05, 0) is 24.6 Å². The number of alkyl halides is 1. The summed E-state index contributed by atoms with van der Waals surface area (Å²) < 4.78 is 19.1. The van der Waals surface area contributed by atoms with Gasteiger partial charge in [-0.2, -0.15) is 5.10 Å². The minimum atomic E-state index is -0.405. The number of nitrogens with one attached hydrogen (secondary N) is 1. The lowest BCUT2D eigenvalue weighted by Gasteiger charge is -2.08. The van der Waals surface area contributed by atoms with Crippen LogP contribution in [0, 0.1) is 6.92 Å². The zero-order valence-corrected chi connectivity index (χ0v) is 12.4. The van der Waals surface area contributed by atoms with Crippen molar-refractivity contribution in [3.63, 3.8) is 0 Å². The largest absolute Gasteiger partial charge is 0.497 e. The van der Waals surface area contributed by atoms with Crippen molar-refractivity contribution in [3.8, 4) is 5.75 Å². The molecule has 0 saturated heterocycles. The van der Waals surface area contributed by atoms with E-state index in [-0.39, 0.29) is 12.4 Å². The number of anilines is 1. The molecule has 110 valence electrons. The molecule has 0 aliphatic carbocycles. The Morgan fingerprint density at radius 2 is 2.20 bits per heavy atom. The predicted octanol–water partition coefficient (Wildman–Crippen LogP) is 3.20. The smallest absolute Gasteiger partial charge is 0.119 e. The Balaban J connectivity index is 0.00000200. The van der Waals surface area contributed by atoms with Gasteiger partial charge >= 0.3 is 0 Å². The van der Waals surface area contributed by atoms with Crippen molar-refractivity contribution in [3.05, 3.63) is 41.7 Å². The molecule has 1 aromatic heterocycles. The Morgan fingerprint density at radius 1 is 1.40 bits per heavy atom. The lowest BCUT2D eigenvalue weighted by Crippen LogP contribution is -2.05. The van der Waals surface area contributed by atoms with Crippen LogP contribution in [-0.4, -0.2) is 23.6 Å². The van der Waals surface area contributed by atoms with Gasteiger partial charge < -0.3 is 10.1 Å². The Hall–Kier alpha value is -1.75. The van der Waals surface area contributed by atoms with Gasteiger partial charge in [0.05, 0.1) is 31.2 Å². The molecule has 0 atom stereocenters. The van der Waals surface area contributed by atoms with E-state index in [1.807, 2.05) is 31.2 Å². The van der Waals surface area contributed by atoms with Gasteiger partial charge in [-0.15, -0.1) is 12.4 Å². The highest BCUT2D eigenvalue weighted by Gasteiger charge is 2.05. The van der Waals surface area contributed by atoms with Crippen molar-refractivity contribution in [2.45, 2.75) is 20.0 Å². The minimum absolute atomic E-state index is 0. The zero-order valence-electron chi connectivity index (χ0n) is 11.6. The molecule has 0 spiro atoms. The summed E-state index contributed by atoms with van der Waals surface area (Å²) in [6.45, 7) is 2.50. The fourth-order valence-corrected chi connectivity index (χ4v) is 1.91. The number of hydrogen-bond donors (Lipinski definition) is 1. The maximum atomic E-state index is 12.3. The molecule has 0 aliphatic rings. The Morgan fingerprint density at radius 3 is 2.90 bits per heavy atom. The predicted molar refractivity (Wildman–Crippen MR) is 80.5 cm³/mol. The lowest BCUT2D eigenvalue weighted by molar-refractivity contribution is 0.414. The molecular formula is C14H19ClFN3O. The third kappa shape index (κ3) is 3.87. The van der Waals surface area contributed by atoms with Gasteiger partial charge in [0.1, 0.15) is 12.4 Å². The first kappa shape index (κ1) is 16.3. The summed E-state index contributed by atoms with van der Waals surface area (Å²) in [5, 5.41) is 7.44. The van der Waals surface area contributed by atoms with E-state index in [9.17, 15) is 4.39 Å².